The number of nitro groups is 1. The van der Waals surface area contributed by atoms with Crippen LogP contribution in [-0.4, -0.2) is 59.5 Å². The molecule has 0 aliphatic carbocycles. The van der Waals surface area contributed by atoms with Crippen molar-refractivity contribution in [1.82, 2.24) is 15.0 Å². The predicted molar refractivity (Wildman–Crippen MR) is 93.7 cm³/mol. The summed E-state index contributed by atoms with van der Waals surface area (Å²) in [6.07, 6.45) is 1.44. The summed E-state index contributed by atoms with van der Waals surface area (Å²) in [7, 11) is 1.47. The van der Waals surface area contributed by atoms with E-state index in [-0.39, 0.29) is 17.6 Å². The number of nitrogens with zero attached hydrogens (tertiary/aromatic N) is 6. The normalized spacial score (nSPS) is 14.4. The van der Waals surface area contributed by atoms with Gasteiger partial charge in [-0.25, -0.2) is 5.43 Å². The van der Waals surface area contributed by atoms with Crippen molar-refractivity contribution in [2.75, 3.05) is 43.7 Å². The Hall–Kier alpha value is -3.34. The van der Waals surface area contributed by atoms with E-state index in [4.69, 9.17) is 9.47 Å². The molecule has 1 N–H and O–H groups in total. The molecule has 11 nitrogen and oxygen atoms in total. The molecule has 26 heavy (non-hydrogen) atoms. The van der Waals surface area contributed by atoms with Gasteiger partial charge in [0.15, 0.2) is 0 Å². The number of morpholine rings is 1. The van der Waals surface area contributed by atoms with E-state index >= 15 is 0 Å². The summed E-state index contributed by atoms with van der Waals surface area (Å²) in [6, 6.07) is 6.27. The molecule has 1 aromatic carbocycles. The highest BCUT2D eigenvalue weighted by molar-refractivity contribution is 5.81. The predicted octanol–water partition coefficient (Wildman–Crippen LogP) is 1.07. The SMILES string of the molecule is COc1nc(N/N=C/c2cccc([N+](=O)[O-])c2)nc(N2CCOCC2)n1. The van der Waals surface area contributed by atoms with E-state index in [1.807, 2.05) is 4.90 Å². The molecule has 0 atom stereocenters. The molecular formula is C15H17N7O4. The lowest BCUT2D eigenvalue weighted by Crippen LogP contribution is -2.37. The number of hydrogen-bond acceptors (Lipinski definition) is 10. The molecule has 0 amide bonds. The number of anilines is 2. The van der Waals surface area contributed by atoms with Crippen LogP contribution in [0.5, 0.6) is 6.01 Å². The van der Waals surface area contributed by atoms with Gasteiger partial charge < -0.3 is 14.4 Å². The molecule has 1 fully saturated rings. The average molecular weight is 359 g/mol. The monoisotopic (exact) mass is 359 g/mol. The molecule has 2 aromatic rings. The molecule has 11 heteroatoms. The standard InChI is InChI=1S/C15H17N7O4/c1-25-15-18-13(17-14(19-15)21-5-7-26-8-6-21)20-16-10-11-3-2-4-12(9-11)22(23)24/h2-4,9-10H,5-8H2,1H3,(H,17,18,19,20)/b16-10+. The number of hydrazone groups is 1. The van der Waals surface area contributed by atoms with Crippen molar-refractivity contribution in [3.05, 3.63) is 39.9 Å². The van der Waals surface area contributed by atoms with Crippen LogP contribution in [0.3, 0.4) is 0 Å². The zero-order chi connectivity index (χ0) is 18.4. The number of nitro benzene ring substituents is 1. The fourth-order valence-corrected chi connectivity index (χ4v) is 2.28. The smallest absolute Gasteiger partial charge is 0.322 e. The fraction of sp³-hybridized carbons (Fsp3) is 0.333. The number of ether oxygens (including phenoxy) is 2. The van der Waals surface area contributed by atoms with E-state index in [0.717, 1.165) is 0 Å². The minimum Gasteiger partial charge on any atom is -0.467 e. The first-order valence-electron chi connectivity index (χ1n) is 7.82. The van der Waals surface area contributed by atoms with Crippen molar-refractivity contribution in [3.63, 3.8) is 0 Å². The Morgan fingerprint density at radius 1 is 1.35 bits per heavy atom. The lowest BCUT2D eigenvalue weighted by Gasteiger charge is -2.26. The van der Waals surface area contributed by atoms with Crippen LogP contribution in [0.4, 0.5) is 17.6 Å². The molecule has 0 unspecified atom stereocenters. The van der Waals surface area contributed by atoms with Crippen LogP contribution in [-0.2, 0) is 4.74 Å². The molecule has 1 aromatic heterocycles. The number of aromatic nitrogens is 3. The van der Waals surface area contributed by atoms with Gasteiger partial charge in [-0.05, 0) is 0 Å². The molecular weight excluding hydrogens is 342 g/mol. The van der Waals surface area contributed by atoms with Gasteiger partial charge in [0.2, 0.25) is 5.95 Å². The first kappa shape index (κ1) is 17.5. The maximum absolute atomic E-state index is 10.8. The van der Waals surface area contributed by atoms with Gasteiger partial charge in [-0.15, -0.1) is 0 Å². The van der Waals surface area contributed by atoms with Gasteiger partial charge in [0.25, 0.3) is 11.6 Å². The van der Waals surface area contributed by atoms with E-state index < -0.39 is 4.92 Å². The Bertz CT molecular complexity index is 808. The summed E-state index contributed by atoms with van der Waals surface area (Å²) in [4.78, 5) is 24.9. The van der Waals surface area contributed by atoms with Crippen LogP contribution >= 0.6 is 0 Å². The van der Waals surface area contributed by atoms with E-state index in [0.29, 0.717) is 37.8 Å². The molecule has 0 radical (unpaired) electrons. The molecule has 3 rings (SSSR count). The lowest BCUT2D eigenvalue weighted by molar-refractivity contribution is -0.384. The second-order valence-electron chi connectivity index (χ2n) is 5.27. The average Bonchev–Trinajstić information content (AvgIpc) is 2.68. The summed E-state index contributed by atoms with van der Waals surface area (Å²) in [5.41, 5.74) is 3.26. The Kier molecular flexibility index (Phi) is 5.49. The van der Waals surface area contributed by atoms with Crippen molar-refractivity contribution in [2.24, 2.45) is 5.10 Å². The van der Waals surface area contributed by atoms with Crippen LogP contribution < -0.4 is 15.1 Å². The van der Waals surface area contributed by atoms with Crippen molar-refractivity contribution < 1.29 is 14.4 Å². The zero-order valence-electron chi connectivity index (χ0n) is 14.0. The molecule has 0 spiro atoms. The van der Waals surface area contributed by atoms with Crippen LogP contribution in [0.2, 0.25) is 0 Å². The lowest BCUT2D eigenvalue weighted by atomic mass is 10.2. The van der Waals surface area contributed by atoms with Crippen molar-refractivity contribution in [2.45, 2.75) is 0 Å². The molecule has 1 saturated heterocycles. The Morgan fingerprint density at radius 2 is 2.15 bits per heavy atom. The number of hydrogen-bond donors (Lipinski definition) is 1. The van der Waals surface area contributed by atoms with Gasteiger partial charge in [-0.2, -0.15) is 20.1 Å². The Labute approximate surface area is 148 Å². The van der Waals surface area contributed by atoms with Crippen LogP contribution in [0, 0.1) is 10.1 Å². The number of non-ortho nitro benzene ring substituents is 1. The van der Waals surface area contributed by atoms with Crippen molar-refractivity contribution in [1.29, 1.82) is 0 Å². The van der Waals surface area contributed by atoms with Crippen molar-refractivity contribution in [3.8, 4) is 6.01 Å². The third kappa shape index (κ3) is 4.39. The molecule has 0 bridgehead atoms. The highest BCUT2D eigenvalue weighted by atomic mass is 16.6. The topological polar surface area (TPSA) is 128 Å². The van der Waals surface area contributed by atoms with E-state index in [1.165, 1.54) is 25.5 Å². The van der Waals surface area contributed by atoms with E-state index in [9.17, 15) is 10.1 Å². The van der Waals surface area contributed by atoms with Gasteiger partial charge >= 0.3 is 6.01 Å². The third-order valence-corrected chi connectivity index (χ3v) is 3.54. The molecule has 136 valence electrons. The molecule has 2 heterocycles. The number of nitrogens with one attached hydrogen (secondary N) is 1. The maximum atomic E-state index is 10.8. The van der Waals surface area contributed by atoms with Gasteiger partial charge in [-0.1, -0.05) is 12.1 Å². The minimum atomic E-state index is -0.462. The maximum Gasteiger partial charge on any atom is 0.322 e. The third-order valence-electron chi connectivity index (χ3n) is 3.54. The summed E-state index contributed by atoms with van der Waals surface area (Å²) < 4.78 is 10.4. The Balaban J connectivity index is 1.74. The number of benzene rings is 1. The van der Waals surface area contributed by atoms with Crippen molar-refractivity contribution >= 4 is 23.8 Å². The number of rotatable bonds is 6. The van der Waals surface area contributed by atoms with E-state index in [1.54, 1.807) is 12.1 Å². The van der Waals surface area contributed by atoms with Gasteiger partial charge in [-0.3, -0.25) is 10.1 Å². The van der Waals surface area contributed by atoms with E-state index in [2.05, 4.69) is 25.5 Å². The largest absolute Gasteiger partial charge is 0.467 e. The molecule has 0 saturated carbocycles. The highest BCUT2D eigenvalue weighted by Gasteiger charge is 2.16. The van der Waals surface area contributed by atoms with Crippen LogP contribution in [0.15, 0.2) is 29.4 Å². The summed E-state index contributed by atoms with van der Waals surface area (Å²) in [6.45, 7) is 2.54. The fourth-order valence-electron chi connectivity index (χ4n) is 2.28. The van der Waals surface area contributed by atoms with Crippen LogP contribution in [0.25, 0.3) is 0 Å². The summed E-state index contributed by atoms with van der Waals surface area (Å²) in [5, 5.41) is 14.8. The molecule has 1 aliphatic rings. The number of methoxy groups -OCH3 is 1. The first-order valence-corrected chi connectivity index (χ1v) is 7.82. The van der Waals surface area contributed by atoms with Gasteiger partial charge in [0.05, 0.1) is 31.5 Å². The summed E-state index contributed by atoms with van der Waals surface area (Å²) in [5.74, 6) is 0.674. The zero-order valence-corrected chi connectivity index (χ0v) is 14.0. The highest BCUT2D eigenvalue weighted by Crippen LogP contribution is 2.16. The van der Waals surface area contributed by atoms with Gasteiger partial charge in [0.1, 0.15) is 0 Å². The van der Waals surface area contributed by atoms with Gasteiger partial charge in [0, 0.05) is 30.8 Å². The molecule has 1 aliphatic heterocycles. The second kappa shape index (κ2) is 8.16. The first-order chi connectivity index (χ1) is 12.7. The Morgan fingerprint density at radius 3 is 2.88 bits per heavy atom. The second-order valence-corrected chi connectivity index (χ2v) is 5.27. The van der Waals surface area contributed by atoms with Crippen LogP contribution in [0.1, 0.15) is 5.56 Å². The quantitative estimate of drug-likeness (QED) is 0.457. The summed E-state index contributed by atoms with van der Waals surface area (Å²) >= 11 is 0. The minimum absolute atomic E-state index is 0.00890.